The van der Waals surface area contributed by atoms with Crippen molar-refractivity contribution in [3.8, 4) is 11.5 Å². The fraction of sp³-hybridized carbons (Fsp3) is 0.0833. The monoisotopic (exact) mass is 421 g/mol. The van der Waals surface area contributed by atoms with E-state index >= 15 is 0 Å². The second-order valence-corrected chi connectivity index (χ2v) is 6.47. The molecule has 0 unspecified atom stereocenters. The summed E-state index contributed by atoms with van der Waals surface area (Å²) in [6, 6.07) is 19.3. The standard InChI is InChI=1S/C24H20FNO5/c1-30-22-14-16(11-12-21(22)31-15-18-9-5-6-10-19(18)25)13-20(24(28)29)26-23(27)17-7-3-2-4-8-17/h2-14H,15H2,1H3,(H,26,27)(H,28,29). The summed E-state index contributed by atoms with van der Waals surface area (Å²) in [6.07, 6.45) is 1.31. The first-order chi connectivity index (χ1) is 15.0. The lowest BCUT2D eigenvalue weighted by molar-refractivity contribution is -0.132. The molecule has 0 aromatic heterocycles. The topological polar surface area (TPSA) is 84.9 Å². The number of rotatable bonds is 8. The first-order valence-electron chi connectivity index (χ1n) is 9.33. The number of hydrogen-bond donors (Lipinski definition) is 2. The van der Waals surface area contributed by atoms with Crippen LogP contribution in [0.2, 0.25) is 0 Å². The number of hydrogen-bond acceptors (Lipinski definition) is 4. The average molecular weight is 421 g/mol. The lowest BCUT2D eigenvalue weighted by Gasteiger charge is -2.12. The van der Waals surface area contributed by atoms with E-state index in [1.807, 2.05) is 0 Å². The smallest absolute Gasteiger partial charge is 0.352 e. The molecule has 0 aliphatic rings. The SMILES string of the molecule is COc1cc(C=C(NC(=O)c2ccccc2)C(=O)O)ccc1OCc1ccccc1F. The summed E-state index contributed by atoms with van der Waals surface area (Å²) >= 11 is 0. The third-order valence-electron chi connectivity index (χ3n) is 4.35. The van der Waals surface area contributed by atoms with Gasteiger partial charge in [-0.3, -0.25) is 4.79 Å². The number of carbonyl (C=O) groups is 2. The molecule has 7 heteroatoms. The molecule has 0 radical (unpaired) electrons. The Balaban J connectivity index is 1.79. The zero-order valence-corrected chi connectivity index (χ0v) is 16.7. The van der Waals surface area contributed by atoms with E-state index in [1.54, 1.807) is 66.7 Å². The van der Waals surface area contributed by atoms with Crippen molar-refractivity contribution in [3.05, 3.63) is 101 Å². The van der Waals surface area contributed by atoms with Crippen molar-refractivity contribution in [2.45, 2.75) is 6.61 Å². The van der Waals surface area contributed by atoms with E-state index in [1.165, 1.54) is 19.3 Å². The van der Waals surface area contributed by atoms with Crippen molar-refractivity contribution in [1.29, 1.82) is 0 Å². The zero-order valence-electron chi connectivity index (χ0n) is 16.7. The van der Waals surface area contributed by atoms with Gasteiger partial charge in [-0.25, -0.2) is 9.18 Å². The minimum Gasteiger partial charge on any atom is -0.493 e. The number of carboxylic acids is 1. The number of halogens is 1. The van der Waals surface area contributed by atoms with Crippen molar-refractivity contribution in [2.75, 3.05) is 7.11 Å². The summed E-state index contributed by atoms with van der Waals surface area (Å²) in [5, 5.41) is 11.9. The van der Waals surface area contributed by atoms with Crippen LogP contribution < -0.4 is 14.8 Å². The van der Waals surface area contributed by atoms with Crippen LogP contribution in [0.4, 0.5) is 4.39 Å². The van der Waals surface area contributed by atoms with Crippen LogP contribution in [-0.2, 0) is 11.4 Å². The number of methoxy groups -OCH3 is 1. The Kier molecular flexibility index (Phi) is 7.01. The normalized spacial score (nSPS) is 11.0. The van der Waals surface area contributed by atoms with E-state index in [9.17, 15) is 19.1 Å². The minimum atomic E-state index is -1.29. The molecule has 2 N–H and O–H groups in total. The highest BCUT2D eigenvalue weighted by Gasteiger charge is 2.14. The van der Waals surface area contributed by atoms with Crippen LogP contribution >= 0.6 is 0 Å². The van der Waals surface area contributed by atoms with Gasteiger partial charge in [0.15, 0.2) is 11.5 Å². The van der Waals surface area contributed by atoms with Crippen molar-refractivity contribution < 1.29 is 28.6 Å². The Morgan fingerprint density at radius 1 is 1.00 bits per heavy atom. The van der Waals surface area contributed by atoms with Gasteiger partial charge >= 0.3 is 5.97 Å². The van der Waals surface area contributed by atoms with Gasteiger partial charge in [0.25, 0.3) is 5.91 Å². The third kappa shape index (κ3) is 5.70. The number of benzene rings is 3. The molecule has 3 aromatic carbocycles. The molecule has 0 saturated carbocycles. The molecule has 31 heavy (non-hydrogen) atoms. The van der Waals surface area contributed by atoms with Gasteiger partial charge in [-0.1, -0.05) is 42.5 Å². The maximum Gasteiger partial charge on any atom is 0.352 e. The molecular weight excluding hydrogens is 401 g/mol. The molecule has 1 amide bonds. The second kappa shape index (κ2) is 10.1. The molecule has 0 spiro atoms. The molecule has 0 atom stereocenters. The molecule has 3 aromatic rings. The Morgan fingerprint density at radius 3 is 2.39 bits per heavy atom. The number of nitrogens with one attached hydrogen (secondary N) is 1. The van der Waals surface area contributed by atoms with Crippen LogP contribution in [0.5, 0.6) is 11.5 Å². The predicted octanol–water partition coefficient (Wildman–Crippen LogP) is 4.27. The third-order valence-corrected chi connectivity index (χ3v) is 4.35. The Morgan fingerprint density at radius 2 is 1.71 bits per heavy atom. The van der Waals surface area contributed by atoms with Gasteiger partial charge in [0, 0.05) is 11.1 Å². The van der Waals surface area contributed by atoms with E-state index in [0.29, 0.717) is 28.2 Å². The summed E-state index contributed by atoms with van der Waals surface area (Å²) < 4.78 is 24.7. The van der Waals surface area contributed by atoms with Crippen molar-refractivity contribution in [3.63, 3.8) is 0 Å². The summed E-state index contributed by atoms with van der Waals surface area (Å²) in [6.45, 7) is 0.00568. The molecule has 158 valence electrons. The van der Waals surface area contributed by atoms with E-state index in [2.05, 4.69) is 5.32 Å². The highest BCUT2D eigenvalue weighted by atomic mass is 19.1. The van der Waals surface area contributed by atoms with Gasteiger partial charge < -0.3 is 19.9 Å². The average Bonchev–Trinajstić information content (AvgIpc) is 2.79. The van der Waals surface area contributed by atoms with Crippen LogP contribution in [0.25, 0.3) is 6.08 Å². The zero-order chi connectivity index (χ0) is 22.2. The molecular formula is C24H20FNO5. The number of carboxylic acid groups (broad SMARTS) is 1. The van der Waals surface area contributed by atoms with E-state index < -0.39 is 11.9 Å². The first-order valence-corrected chi connectivity index (χ1v) is 9.33. The number of ether oxygens (including phenoxy) is 2. The molecule has 0 aliphatic heterocycles. The van der Waals surface area contributed by atoms with Crippen LogP contribution in [0, 0.1) is 5.82 Å². The molecule has 0 fully saturated rings. The maximum atomic E-state index is 13.8. The molecule has 6 nitrogen and oxygen atoms in total. The Labute approximate surface area is 178 Å². The van der Waals surface area contributed by atoms with Gasteiger partial charge in [-0.15, -0.1) is 0 Å². The number of amides is 1. The van der Waals surface area contributed by atoms with Gasteiger partial charge in [0.1, 0.15) is 18.1 Å². The number of carbonyl (C=O) groups excluding carboxylic acids is 1. The van der Waals surface area contributed by atoms with Gasteiger partial charge in [0.2, 0.25) is 0 Å². The molecule has 0 saturated heterocycles. The lowest BCUT2D eigenvalue weighted by atomic mass is 10.1. The van der Waals surface area contributed by atoms with Crippen LogP contribution in [0.3, 0.4) is 0 Å². The van der Waals surface area contributed by atoms with Crippen LogP contribution in [-0.4, -0.2) is 24.1 Å². The van der Waals surface area contributed by atoms with Crippen molar-refractivity contribution in [1.82, 2.24) is 5.32 Å². The minimum absolute atomic E-state index is 0.00568. The maximum absolute atomic E-state index is 13.8. The summed E-state index contributed by atoms with van der Waals surface area (Å²) in [4.78, 5) is 23.9. The fourth-order valence-electron chi connectivity index (χ4n) is 2.77. The summed E-state index contributed by atoms with van der Waals surface area (Å²) in [5.74, 6) is -1.49. The van der Waals surface area contributed by atoms with Gasteiger partial charge in [0.05, 0.1) is 7.11 Å². The fourth-order valence-corrected chi connectivity index (χ4v) is 2.77. The molecule has 3 rings (SSSR count). The predicted molar refractivity (Wildman–Crippen MR) is 113 cm³/mol. The molecule has 0 heterocycles. The van der Waals surface area contributed by atoms with Gasteiger partial charge in [-0.2, -0.15) is 0 Å². The quantitative estimate of drug-likeness (QED) is 0.531. The van der Waals surface area contributed by atoms with Crippen molar-refractivity contribution in [2.24, 2.45) is 0 Å². The van der Waals surface area contributed by atoms with E-state index in [-0.39, 0.29) is 18.1 Å². The van der Waals surface area contributed by atoms with Crippen LogP contribution in [0.1, 0.15) is 21.5 Å². The molecule has 0 bridgehead atoms. The summed E-state index contributed by atoms with van der Waals surface area (Å²) in [5.41, 5.74) is 0.909. The van der Waals surface area contributed by atoms with E-state index in [4.69, 9.17) is 9.47 Å². The highest BCUT2D eigenvalue weighted by Crippen LogP contribution is 2.30. The second-order valence-electron chi connectivity index (χ2n) is 6.47. The highest BCUT2D eigenvalue weighted by molar-refractivity contribution is 6.02. The Hall–Kier alpha value is -4.13. The van der Waals surface area contributed by atoms with E-state index in [0.717, 1.165) is 0 Å². The van der Waals surface area contributed by atoms with Crippen LogP contribution in [0.15, 0.2) is 78.5 Å². The number of aliphatic carboxylic acids is 1. The van der Waals surface area contributed by atoms with Crippen molar-refractivity contribution >= 4 is 18.0 Å². The first kappa shape index (κ1) is 21.6. The summed E-state index contributed by atoms with van der Waals surface area (Å²) in [7, 11) is 1.44. The Bertz CT molecular complexity index is 1110. The largest absolute Gasteiger partial charge is 0.493 e. The van der Waals surface area contributed by atoms with Gasteiger partial charge in [-0.05, 0) is 42.0 Å². The molecule has 0 aliphatic carbocycles. The lowest BCUT2D eigenvalue weighted by Crippen LogP contribution is -2.27.